The zero-order valence-electron chi connectivity index (χ0n) is 33.7. The van der Waals surface area contributed by atoms with Crippen molar-refractivity contribution in [1.29, 1.82) is 0 Å². The summed E-state index contributed by atoms with van der Waals surface area (Å²) < 4.78 is 6.09. The summed E-state index contributed by atoms with van der Waals surface area (Å²) in [6.45, 7) is 0. The minimum Gasteiger partial charge on any atom is -0.456 e. The van der Waals surface area contributed by atoms with E-state index in [-0.39, 0.29) is 0 Å². The number of hydrogen-bond acceptors (Lipinski definition) is 3. The summed E-state index contributed by atoms with van der Waals surface area (Å²) in [5.41, 5.74) is 18.3. The SMILES string of the molecule is c1ccc(-c2nc(-c3cccc(-c4ccc(-c5ccc6oc7ccccc7c6c5)cc4)c3)cc(-c3ccc4c(c3)-c3ccccc3C4(c3ccccc3)c3ccccc3)n2)cc1. The molecule has 11 aromatic rings. The first-order valence-corrected chi connectivity index (χ1v) is 21.1. The number of aromatic nitrogens is 2. The molecule has 2 aromatic heterocycles. The van der Waals surface area contributed by atoms with E-state index in [1.165, 1.54) is 33.4 Å². The van der Waals surface area contributed by atoms with Crippen molar-refractivity contribution in [1.82, 2.24) is 9.97 Å². The maximum atomic E-state index is 6.09. The number of benzene rings is 9. The quantitative estimate of drug-likeness (QED) is 0.161. The van der Waals surface area contributed by atoms with Gasteiger partial charge in [0.2, 0.25) is 0 Å². The summed E-state index contributed by atoms with van der Waals surface area (Å²) in [6, 6.07) is 82.3. The third-order valence-corrected chi connectivity index (χ3v) is 12.6. The van der Waals surface area contributed by atoms with Crippen LogP contribution in [0.1, 0.15) is 22.3 Å². The molecule has 0 saturated heterocycles. The van der Waals surface area contributed by atoms with Gasteiger partial charge in [-0.3, -0.25) is 0 Å². The van der Waals surface area contributed by atoms with Gasteiger partial charge in [0.25, 0.3) is 0 Å². The summed E-state index contributed by atoms with van der Waals surface area (Å²) in [5, 5.41) is 2.27. The van der Waals surface area contributed by atoms with Gasteiger partial charge in [-0.15, -0.1) is 0 Å². The highest BCUT2D eigenvalue weighted by Crippen LogP contribution is 2.56. The second kappa shape index (κ2) is 14.5. The highest BCUT2D eigenvalue weighted by molar-refractivity contribution is 6.06. The van der Waals surface area contributed by atoms with E-state index in [4.69, 9.17) is 14.4 Å². The monoisotopic (exact) mass is 790 g/mol. The molecule has 1 aliphatic rings. The van der Waals surface area contributed by atoms with Gasteiger partial charge in [-0.1, -0.05) is 194 Å². The van der Waals surface area contributed by atoms with E-state index in [0.717, 1.165) is 72.3 Å². The lowest BCUT2D eigenvalue weighted by Crippen LogP contribution is -2.28. The average Bonchev–Trinajstić information content (AvgIpc) is 3.88. The zero-order chi connectivity index (χ0) is 41.0. The molecule has 0 radical (unpaired) electrons. The summed E-state index contributed by atoms with van der Waals surface area (Å²) >= 11 is 0. The standard InChI is InChI=1S/C59H38N2O/c1-4-15-41(16-5-1)58-60-54(44-18-14-17-42(35-44)39-27-29-40(30-28-39)43-32-34-57-51(36-43)49-24-11-13-26-56(49)62-57)38-55(61-58)45-31-33-53-50(37-45)48-23-10-12-25-52(48)59(53,46-19-6-2-7-20-46)47-21-8-3-9-22-47/h1-38H. The molecule has 0 bridgehead atoms. The summed E-state index contributed by atoms with van der Waals surface area (Å²) in [5.74, 6) is 0.694. The molecule has 290 valence electrons. The minimum atomic E-state index is -0.458. The van der Waals surface area contributed by atoms with Crippen LogP contribution in [0.5, 0.6) is 0 Å². The average molecular weight is 791 g/mol. The topological polar surface area (TPSA) is 38.9 Å². The molecule has 3 nitrogen and oxygen atoms in total. The maximum Gasteiger partial charge on any atom is 0.160 e. The summed E-state index contributed by atoms with van der Waals surface area (Å²) in [4.78, 5) is 10.5. The number of nitrogens with zero attached hydrogens (tertiary/aromatic N) is 2. The molecule has 0 amide bonds. The Kier molecular flexibility index (Phi) is 8.39. The Hall–Kier alpha value is -8.14. The molecule has 0 N–H and O–H groups in total. The third-order valence-electron chi connectivity index (χ3n) is 12.6. The fourth-order valence-electron chi connectivity index (χ4n) is 9.69. The number of fused-ring (bicyclic) bond motifs is 6. The van der Waals surface area contributed by atoms with Crippen LogP contribution in [-0.4, -0.2) is 9.97 Å². The normalized spacial score (nSPS) is 12.6. The van der Waals surface area contributed by atoms with Crippen LogP contribution in [0.2, 0.25) is 0 Å². The van der Waals surface area contributed by atoms with Crippen molar-refractivity contribution in [2.45, 2.75) is 5.41 Å². The first kappa shape index (κ1) is 35.8. The van der Waals surface area contributed by atoms with Crippen molar-refractivity contribution in [2.24, 2.45) is 0 Å². The van der Waals surface area contributed by atoms with Crippen LogP contribution in [-0.2, 0) is 5.41 Å². The fourth-order valence-corrected chi connectivity index (χ4v) is 9.69. The smallest absolute Gasteiger partial charge is 0.160 e. The predicted molar refractivity (Wildman–Crippen MR) is 254 cm³/mol. The van der Waals surface area contributed by atoms with E-state index in [1.807, 2.05) is 30.3 Å². The van der Waals surface area contributed by atoms with Crippen molar-refractivity contribution >= 4 is 21.9 Å². The van der Waals surface area contributed by atoms with Crippen LogP contribution in [0.25, 0.3) is 89.2 Å². The van der Waals surface area contributed by atoms with E-state index in [9.17, 15) is 0 Å². The summed E-state index contributed by atoms with van der Waals surface area (Å²) in [7, 11) is 0. The lowest BCUT2D eigenvalue weighted by atomic mass is 9.67. The minimum absolute atomic E-state index is 0.458. The van der Waals surface area contributed by atoms with E-state index < -0.39 is 5.41 Å². The Balaban J connectivity index is 0.952. The van der Waals surface area contributed by atoms with Gasteiger partial charge in [0.05, 0.1) is 16.8 Å². The molecule has 0 aliphatic heterocycles. The number of hydrogen-bond donors (Lipinski definition) is 0. The van der Waals surface area contributed by atoms with Gasteiger partial charge in [-0.2, -0.15) is 0 Å². The fraction of sp³-hybridized carbons (Fsp3) is 0.0169. The molecule has 1 aliphatic carbocycles. The van der Waals surface area contributed by atoms with Gasteiger partial charge in [-0.05, 0) is 92.0 Å². The van der Waals surface area contributed by atoms with Crippen LogP contribution in [0.4, 0.5) is 0 Å². The van der Waals surface area contributed by atoms with Gasteiger partial charge >= 0.3 is 0 Å². The lowest BCUT2D eigenvalue weighted by molar-refractivity contribution is 0.669. The van der Waals surface area contributed by atoms with Gasteiger partial charge in [0.15, 0.2) is 5.82 Å². The van der Waals surface area contributed by atoms with Crippen molar-refractivity contribution < 1.29 is 4.42 Å². The molecular weight excluding hydrogens is 753 g/mol. The van der Waals surface area contributed by atoms with E-state index in [0.29, 0.717) is 5.82 Å². The van der Waals surface area contributed by atoms with E-state index in [1.54, 1.807) is 0 Å². The third kappa shape index (κ3) is 5.82. The first-order valence-electron chi connectivity index (χ1n) is 21.1. The second-order valence-corrected chi connectivity index (χ2v) is 16.1. The highest BCUT2D eigenvalue weighted by atomic mass is 16.3. The van der Waals surface area contributed by atoms with Crippen LogP contribution < -0.4 is 0 Å². The van der Waals surface area contributed by atoms with Gasteiger partial charge in [0, 0.05) is 27.5 Å². The Morgan fingerprint density at radius 3 is 1.55 bits per heavy atom. The molecule has 9 aromatic carbocycles. The van der Waals surface area contributed by atoms with Crippen molar-refractivity contribution in [2.75, 3.05) is 0 Å². The molecule has 0 fully saturated rings. The van der Waals surface area contributed by atoms with Gasteiger partial charge in [-0.25, -0.2) is 9.97 Å². The molecule has 2 heterocycles. The maximum absolute atomic E-state index is 6.09. The van der Waals surface area contributed by atoms with Gasteiger partial charge < -0.3 is 4.42 Å². The van der Waals surface area contributed by atoms with Crippen molar-refractivity contribution in [3.8, 4) is 67.3 Å². The number of furan rings is 1. The molecular formula is C59H38N2O. The Bertz CT molecular complexity index is 3400. The van der Waals surface area contributed by atoms with Crippen molar-refractivity contribution in [3.05, 3.63) is 253 Å². The summed E-state index contributed by atoms with van der Waals surface area (Å²) in [6.07, 6.45) is 0. The van der Waals surface area contributed by atoms with Crippen LogP contribution in [0.3, 0.4) is 0 Å². The van der Waals surface area contributed by atoms with E-state index in [2.05, 4.69) is 200 Å². The molecule has 0 saturated carbocycles. The molecule has 0 unspecified atom stereocenters. The molecule has 3 heteroatoms. The Morgan fingerprint density at radius 2 is 0.823 bits per heavy atom. The predicted octanol–water partition coefficient (Wildman–Crippen LogP) is 15.1. The lowest BCUT2D eigenvalue weighted by Gasteiger charge is -2.33. The van der Waals surface area contributed by atoms with Crippen LogP contribution in [0, 0.1) is 0 Å². The highest BCUT2D eigenvalue weighted by Gasteiger charge is 2.46. The number of rotatable bonds is 7. The largest absolute Gasteiger partial charge is 0.456 e. The van der Waals surface area contributed by atoms with E-state index >= 15 is 0 Å². The molecule has 62 heavy (non-hydrogen) atoms. The Labute approximate surface area is 360 Å². The first-order chi connectivity index (χ1) is 30.7. The number of para-hydroxylation sites is 1. The Morgan fingerprint density at radius 1 is 0.306 bits per heavy atom. The second-order valence-electron chi connectivity index (χ2n) is 16.1. The molecule has 12 rings (SSSR count). The molecule has 0 spiro atoms. The van der Waals surface area contributed by atoms with Crippen LogP contribution in [0.15, 0.2) is 235 Å². The van der Waals surface area contributed by atoms with Gasteiger partial charge in [0.1, 0.15) is 11.2 Å². The van der Waals surface area contributed by atoms with Crippen molar-refractivity contribution in [3.63, 3.8) is 0 Å². The van der Waals surface area contributed by atoms with Crippen LogP contribution >= 0.6 is 0 Å². The molecule has 0 atom stereocenters. The zero-order valence-corrected chi connectivity index (χ0v) is 33.7.